The summed E-state index contributed by atoms with van der Waals surface area (Å²) < 4.78 is 61.6. The van der Waals surface area contributed by atoms with Gasteiger partial charge in [-0.3, -0.25) is 4.99 Å². The van der Waals surface area contributed by atoms with Crippen LogP contribution in [0.4, 0.5) is 13.2 Å². The molecule has 0 aliphatic carbocycles. The van der Waals surface area contributed by atoms with Crippen molar-refractivity contribution in [3.8, 4) is 0 Å². The Morgan fingerprint density at radius 2 is 1.77 bits per heavy atom. The number of benzene rings is 1. The van der Waals surface area contributed by atoms with E-state index in [2.05, 4.69) is 34.7 Å². The molecule has 1 aliphatic heterocycles. The van der Waals surface area contributed by atoms with Crippen LogP contribution in [0.1, 0.15) is 44.6 Å². The van der Waals surface area contributed by atoms with Crippen molar-refractivity contribution in [3.05, 3.63) is 35.9 Å². The normalized spacial score (nSPS) is 17.6. The monoisotopic (exact) mass is 576 g/mol. The van der Waals surface area contributed by atoms with Gasteiger partial charge in [-0.1, -0.05) is 37.3 Å². The number of sulfonamides is 1. The number of piperidine rings is 1. The highest BCUT2D eigenvalue weighted by Gasteiger charge is 2.50. The third-order valence-corrected chi connectivity index (χ3v) is 6.97. The predicted octanol–water partition coefficient (Wildman–Crippen LogP) is 3.91. The number of hydrogen-bond acceptors (Lipinski definition) is 3. The first-order valence-electron chi connectivity index (χ1n) is 10.3. The minimum Gasteiger partial charge on any atom is -0.357 e. The average molecular weight is 576 g/mol. The van der Waals surface area contributed by atoms with Crippen LogP contribution in [-0.2, 0) is 10.0 Å². The Bertz CT molecular complexity index is 783. The van der Waals surface area contributed by atoms with Gasteiger partial charge in [0, 0.05) is 38.6 Å². The van der Waals surface area contributed by atoms with Gasteiger partial charge in [-0.15, -0.1) is 24.0 Å². The van der Waals surface area contributed by atoms with Crippen LogP contribution in [-0.4, -0.2) is 56.9 Å². The maximum absolute atomic E-state index is 12.7. The summed E-state index contributed by atoms with van der Waals surface area (Å²) in [5.74, 6) is 1.05. The van der Waals surface area contributed by atoms with Crippen LogP contribution in [0.5, 0.6) is 0 Å². The molecule has 31 heavy (non-hydrogen) atoms. The molecule has 2 N–H and O–H groups in total. The number of nitrogens with zero attached hydrogens (tertiary/aromatic N) is 2. The number of hydrogen-bond donors (Lipinski definition) is 2. The number of aliphatic imine (C=N–C) groups is 1. The third-order valence-electron chi connectivity index (χ3n) is 5.34. The van der Waals surface area contributed by atoms with E-state index < -0.39 is 15.5 Å². The van der Waals surface area contributed by atoms with Crippen LogP contribution in [0.15, 0.2) is 35.3 Å². The lowest BCUT2D eigenvalue weighted by Crippen LogP contribution is -2.47. The molecule has 1 aliphatic rings. The summed E-state index contributed by atoms with van der Waals surface area (Å²) in [6, 6.07) is 10.2. The lowest BCUT2D eigenvalue weighted by Gasteiger charge is -2.31. The Morgan fingerprint density at radius 1 is 1.16 bits per heavy atom. The topological polar surface area (TPSA) is 73.8 Å². The van der Waals surface area contributed by atoms with Crippen LogP contribution >= 0.6 is 24.0 Å². The predicted molar refractivity (Wildman–Crippen MR) is 128 cm³/mol. The third kappa shape index (κ3) is 8.08. The molecule has 1 aromatic carbocycles. The average Bonchev–Trinajstić information content (AvgIpc) is 2.72. The molecule has 6 nitrogen and oxygen atoms in total. The summed E-state index contributed by atoms with van der Waals surface area (Å²) in [5, 5.41) is 6.44. The van der Waals surface area contributed by atoms with E-state index in [-0.39, 0.29) is 43.0 Å². The van der Waals surface area contributed by atoms with Crippen LogP contribution in [0, 0.1) is 5.92 Å². The molecule has 0 amide bonds. The van der Waals surface area contributed by atoms with Gasteiger partial charge in [0.15, 0.2) is 5.96 Å². The fraction of sp³-hybridized carbons (Fsp3) is 0.650. The number of halogens is 4. The van der Waals surface area contributed by atoms with Gasteiger partial charge >= 0.3 is 15.5 Å². The second-order valence-corrected chi connectivity index (χ2v) is 9.34. The van der Waals surface area contributed by atoms with Crippen LogP contribution in [0.2, 0.25) is 0 Å². The summed E-state index contributed by atoms with van der Waals surface area (Å²) in [7, 11) is -5.23. The second-order valence-electron chi connectivity index (χ2n) is 7.41. The van der Waals surface area contributed by atoms with E-state index in [1.54, 1.807) is 0 Å². The van der Waals surface area contributed by atoms with Gasteiger partial charge in [0.25, 0.3) is 0 Å². The van der Waals surface area contributed by atoms with Crippen molar-refractivity contribution in [2.24, 2.45) is 10.9 Å². The van der Waals surface area contributed by atoms with E-state index in [0.717, 1.165) is 6.42 Å². The summed E-state index contributed by atoms with van der Waals surface area (Å²) in [5.41, 5.74) is -4.00. The molecule has 1 saturated heterocycles. The fourth-order valence-corrected chi connectivity index (χ4v) is 4.46. The molecule has 0 spiro atoms. The van der Waals surface area contributed by atoms with Gasteiger partial charge in [0.1, 0.15) is 0 Å². The van der Waals surface area contributed by atoms with E-state index in [1.165, 1.54) is 5.56 Å². The van der Waals surface area contributed by atoms with E-state index in [0.29, 0.717) is 48.7 Å². The Labute approximate surface area is 200 Å². The Morgan fingerprint density at radius 3 is 2.29 bits per heavy atom. The van der Waals surface area contributed by atoms with Crippen molar-refractivity contribution in [2.45, 2.75) is 44.5 Å². The SMILES string of the molecule is CCNC(=NCC(CC)c1ccccc1)NCC1CCN(S(=O)(=O)C(F)(F)F)CC1.I. The van der Waals surface area contributed by atoms with Crippen molar-refractivity contribution >= 4 is 40.0 Å². The van der Waals surface area contributed by atoms with Gasteiger partial charge in [-0.2, -0.15) is 17.5 Å². The first-order chi connectivity index (χ1) is 14.2. The molecule has 178 valence electrons. The minimum absolute atomic E-state index is 0. The number of alkyl halides is 3. The molecular formula is C20H32F3IN4O2S. The zero-order valence-corrected chi connectivity index (χ0v) is 21.0. The molecule has 1 heterocycles. The molecule has 11 heteroatoms. The van der Waals surface area contributed by atoms with E-state index in [4.69, 9.17) is 0 Å². The minimum atomic E-state index is -5.24. The van der Waals surface area contributed by atoms with Crippen LogP contribution in [0.25, 0.3) is 0 Å². The molecule has 0 aromatic heterocycles. The van der Waals surface area contributed by atoms with Crippen molar-refractivity contribution in [3.63, 3.8) is 0 Å². The van der Waals surface area contributed by atoms with Crippen LogP contribution < -0.4 is 10.6 Å². The highest BCUT2D eigenvalue weighted by Crippen LogP contribution is 2.30. The molecule has 1 fully saturated rings. The van der Waals surface area contributed by atoms with Gasteiger partial charge in [-0.05, 0) is 37.7 Å². The van der Waals surface area contributed by atoms with E-state index in [1.807, 2.05) is 25.1 Å². The highest BCUT2D eigenvalue weighted by atomic mass is 127. The summed E-state index contributed by atoms with van der Waals surface area (Å²) in [4.78, 5) is 4.67. The first-order valence-corrected chi connectivity index (χ1v) is 11.8. The molecule has 0 saturated carbocycles. The zero-order chi connectivity index (χ0) is 22.2. The van der Waals surface area contributed by atoms with Gasteiger partial charge in [0.05, 0.1) is 0 Å². The quantitative estimate of drug-likeness (QED) is 0.280. The molecule has 1 unspecified atom stereocenters. The van der Waals surface area contributed by atoms with Crippen molar-refractivity contribution in [1.29, 1.82) is 0 Å². The zero-order valence-electron chi connectivity index (χ0n) is 17.9. The number of rotatable bonds is 8. The van der Waals surface area contributed by atoms with Gasteiger partial charge in [-0.25, -0.2) is 8.42 Å². The molecule has 1 aromatic rings. The maximum atomic E-state index is 12.7. The highest BCUT2D eigenvalue weighted by molar-refractivity contribution is 14.0. The Kier molecular flexibility index (Phi) is 11.6. The second kappa shape index (κ2) is 12.8. The summed E-state index contributed by atoms with van der Waals surface area (Å²) >= 11 is 0. The Hall–Kier alpha value is -1.08. The molecular weight excluding hydrogens is 544 g/mol. The summed E-state index contributed by atoms with van der Waals surface area (Å²) in [6.07, 6.45) is 1.71. The standard InChI is InChI=1S/C20H31F3N4O2S.HI/c1-3-17(18-8-6-5-7-9-18)15-26-19(24-4-2)25-14-16-10-12-27(13-11-16)30(28,29)20(21,22)23;/h5-9,16-17H,3-4,10-15H2,1-2H3,(H2,24,25,26);1H. The van der Waals surface area contributed by atoms with Gasteiger partial charge in [0.2, 0.25) is 0 Å². The largest absolute Gasteiger partial charge is 0.511 e. The van der Waals surface area contributed by atoms with Crippen LogP contribution in [0.3, 0.4) is 0 Å². The lowest BCUT2D eigenvalue weighted by atomic mass is 9.97. The van der Waals surface area contributed by atoms with E-state index in [9.17, 15) is 21.6 Å². The number of nitrogens with one attached hydrogen (secondary N) is 2. The smallest absolute Gasteiger partial charge is 0.357 e. The first kappa shape index (κ1) is 28.0. The Balaban J connectivity index is 0.00000480. The van der Waals surface area contributed by atoms with Crippen molar-refractivity contribution in [1.82, 2.24) is 14.9 Å². The molecule has 2 rings (SSSR count). The summed E-state index contributed by atoms with van der Waals surface area (Å²) in [6.45, 7) is 5.70. The number of guanidine groups is 1. The fourth-order valence-electron chi connectivity index (χ4n) is 3.48. The maximum Gasteiger partial charge on any atom is 0.511 e. The lowest BCUT2D eigenvalue weighted by molar-refractivity contribution is -0.0496. The molecule has 1 atom stereocenters. The van der Waals surface area contributed by atoms with Crippen molar-refractivity contribution in [2.75, 3.05) is 32.7 Å². The molecule has 0 radical (unpaired) electrons. The molecule has 0 bridgehead atoms. The van der Waals surface area contributed by atoms with Crippen molar-refractivity contribution < 1.29 is 21.6 Å². The van der Waals surface area contributed by atoms with Gasteiger partial charge < -0.3 is 10.6 Å². The van der Waals surface area contributed by atoms with E-state index >= 15 is 0 Å².